The molecule has 4 nitrogen and oxygen atoms in total. The second-order valence-corrected chi connectivity index (χ2v) is 7.89. The number of carbonyl (C=O) groups excluding carboxylic acids is 1. The summed E-state index contributed by atoms with van der Waals surface area (Å²) in [7, 11) is 0. The number of rotatable bonds is 6. The van der Waals surface area contributed by atoms with Crippen LogP contribution in [-0.4, -0.2) is 42.6 Å². The van der Waals surface area contributed by atoms with Crippen LogP contribution in [0.2, 0.25) is 0 Å². The van der Waals surface area contributed by atoms with Gasteiger partial charge in [0, 0.05) is 42.8 Å². The lowest BCUT2D eigenvalue weighted by molar-refractivity contribution is -0.158. The Bertz CT molecular complexity index is 619. The summed E-state index contributed by atoms with van der Waals surface area (Å²) < 4.78 is 6.00. The Kier molecular flexibility index (Phi) is 4.48. The minimum absolute atomic E-state index is 0.212. The third kappa shape index (κ3) is 2.75. The van der Waals surface area contributed by atoms with Crippen molar-refractivity contribution in [1.82, 2.24) is 4.90 Å². The monoisotopic (exact) mass is 342 g/mol. The molecule has 0 unspecified atom stereocenters. The number of anilines is 1. The Balaban J connectivity index is 1.39. The van der Waals surface area contributed by atoms with Crippen LogP contribution in [0.5, 0.6) is 0 Å². The molecule has 1 saturated heterocycles. The summed E-state index contributed by atoms with van der Waals surface area (Å²) in [5, 5.41) is 3.79. The van der Waals surface area contributed by atoms with Crippen LogP contribution in [0.15, 0.2) is 24.3 Å². The van der Waals surface area contributed by atoms with E-state index in [1.165, 1.54) is 31.4 Å². The Labute approximate surface area is 150 Å². The Morgan fingerprint density at radius 2 is 1.96 bits per heavy atom. The lowest BCUT2D eigenvalue weighted by atomic mass is 9.46. The van der Waals surface area contributed by atoms with Crippen LogP contribution in [0.1, 0.15) is 45.1 Å². The highest BCUT2D eigenvalue weighted by molar-refractivity contribution is 5.78. The summed E-state index contributed by atoms with van der Waals surface area (Å²) in [6, 6.07) is 9.04. The van der Waals surface area contributed by atoms with Gasteiger partial charge in [-0.15, -0.1) is 0 Å². The number of nitrogens with zero attached hydrogens (tertiary/aromatic N) is 1. The van der Waals surface area contributed by atoms with Crippen molar-refractivity contribution in [3.63, 3.8) is 0 Å². The number of nitrogens with one attached hydrogen (secondary N) is 1. The van der Waals surface area contributed by atoms with Gasteiger partial charge in [-0.2, -0.15) is 0 Å². The van der Waals surface area contributed by atoms with Crippen LogP contribution in [0, 0.1) is 11.3 Å². The molecule has 4 rings (SSSR count). The van der Waals surface area contributed by atoms with Crippen molar-refractivity contribution < 1.29 is 9.53 Å². The zero-order valence-corrected chi connectivity index (χ0v) is 15.5. The average Bonchev–Trinajstić information content (AvgIpc) is 2.99. The second-order valence-electron chi connectivity index (χ2n) is 7.89. The Morgan fingerprint density at radius 3 is 2.56 bits per heavy atom. The van der Waals surface area contributed by atoms with E-state index in [2.05, 4.69) is 29.6 Å². The molecule has 1 heterocycles. The predicted molar refractivity (Wildman–Crippen MR) is 99.6 cm³/mol. The standard InChI is InChI=1S/C21H30N2O2/c1-3-23(4-2)18(24)14-15-6-8-16(9-7-15)22-19-17-10-13-25-20(17)21(19)11-5-12-21/h6-9,17,19-20,22H,3-5,10-14H2,1-2H3/t17-,19-,20-/m1/s1. The summed E-state index contributed by atoms with van der Waals surface area (Å²) in [5.74, 6) is 0.897. The lowest BCUT2D eigenvalue weighted by Crippen LogP contribution is -2.68. The molecule has 136 valence electrons. The molecule has 3 fully saturated rings. The summed E-state index contributed by atoms with van der Waals surface area (Å²) in [6.45, 7) is 6.56. The van der Waals surface area contributed by atoms with E-state index < -0.39 is 0 Å². The van der Waals surface area contributed by atoms with E-state index >= 15 is 0 Å². The lowest BCUT2D eigenvalue weighted by Gasteiger charge is -2.63. The smallest absolute Gasteiger partial charge is 0.226 e. The van der Waals surface area contributed by atoms with Crippen LogP contribution in [0.4, 0.5) is 5.69 Å². The van der Waals surface area contributed by atoms with Gasteiger partial charge in [0.15, 0.2) is 0 Å². The number of carbonyl (C=O) groups is 1. The normalized spacial score (nSPS) is 28.8. The van der Waals surface area contributed by atoms with Crippen molar-refractivity contribution in [2.75, 3.05) is 25.0 Å². The maximum Gasteiger partial charge on any atom is 0.226 e. The van der Waals surface area contributed by atoms with Gasteiger partial charge in [-0.3, -0.25) is 4.79 Å². The maximum absolute atomic E-state index is 12.2. The van der Waals surface area contributed by atoms with Crippen molar-refractivity contribution in [1.29, 1.82) is 0 Å². The van der Waals surface area contributed by atoms with Crippen LogP contribution >= 0.6 is 0 Å². The quantitative estimate of drug-likeness (QED) is 0.861. The number of hydrogen-bond donors (Lipinski definition) is 1. The molecule has 25 heavy (non-hydrogen) atoms. The van der Waals surface area contributed by atoms with Crippen molar-refractivity contribution in [2.24, 2.45) is 11.3 Å². The molecule has 0 radical (unpaired) electrons. The van der Waals surface area contributed by atoms with Crippen LogP contribution < -0.4 is 5.32 Å². The van der Waals surface area contributed by atoms with Gasteiger partial charge in [0.2, 0.25) is 5.91 Å². The summed E-state index contributed by atoms with van der Waals surface area (Å²) in [6.07, 6.45) is 6.15. The largest absolute Gasteiger partial charge is 0.381 e. The molecule has 1 amide bonds. The molecule has 0 bridgehead atoms. The van der Waals surface area contributed by atoms with Gasteiger partial charge in [0.1, 0.15) is 0 Å². The number of likely N-dealkylation sites (N-methyl/N-ethyl adjacent to an activating group) is 1. The van der Waals surface area contributed by atoms with Crippen LogP contribution in [-0.2, 0) is 16.0 Å². The molecule has 1 N–H and O–H groups in total. The highest BCUT2D eigenvalue weighted by Gasteiger charge is 2.66. The number of fused-ring (bicyclic) bond motifs is 2. The highest BCUT2D eigenvalue weighted by atomic mass is 16.5. The zero-order valence-electron chi connectivity index (χ0n) is 15.5. The average molecular weight is 342 g/mol. The molecule has 2 aliphatic carbocycles. The molecule has 4 heteroatoms. The summed E-state index contributed by atoms with van der Waals surface area (Å²) in [5.41, 5.74) is 2.68. The second kappa shape index (κ2) is 6.64. The number of hydrogen-bond acceptors (Lipinski definition) is 3. The summed E-state index contributed by atoms with van der Waals surface area (Å²) >= 11 is 0. The van der Waals surface area contributed by atoms with Gasteiger partial charge in [-0.25, -0.2) is 0 Å². The minimum Gasteiger partial charge on any atom is -0.381 e. The number of amides is 1. The van der Waals surface area contributed by atoms with E-state index in [1.54, 1.807) is 0 Å². The van der Waals surface area contributed by atoms with Crippen LogP contribution in [0.3, 0.4) is 0 Å². The third-order valence-electron chi connectivity index (χ3n) is 6.78. The van der Waals surface area contributed by atoms with Gasteiger partial charge in [0.25, 0.3) is 0 Å². The van der Waals surface area contributed by atoms with E-state index in [-0.39, 0.29) is 5.91 Å². The Morgan fingerprint density at radius 1 is 1.24 bits per heavy atom. The molecule has 3 atom stereocenters. The van der Waals surface area contributed by atoms with Gasteiger partial charge >= 0.3 is 0 Å². The van der Waals surface area contributed by atoms with E-state index in [0.29, 0.717) is 29.9 Å². The first-order valence-electron chi connectivity index (χ1n) is 9.93. The molecule has 1 spiro atoms. The molecule has 2 saturated carbocycles. The third-order valence-corrected chi connectivity index (χ3v) is 6.78. The fraction of sp³-hybridized carbons (Fsp3) is 0.667. The summed E-state index contributed by atoms with van der Waals surface area (Å²) in [4.78, 5) is 14.1. The van der Waals surface area contributed by atoms with Gasteiger partial charge < -0.3 is 15.0 Å². The van der Waals surface area contributed by atoms with E-state index in [9.17, 15) is 4.79 Å². The molecular formula is C21H30N2O2. The minimum atomic E-state index is 0.212. The van der Waals surface area contributed by atoms with Gasteiger partial charge in [-0.05, 0) is 50.8 Å². The van der Waals surface area contributed by atoms with E-state index in [1.807, 2.05) is 18.7 Å². The number of ether oxygens (including phenoxy) is 1. The van der Waals surface area contributed by atoms with Crippen molar-refractivity contribution in [2.45, 2.75) is 58.1 Å². The topological polar surface area (TPSA) is 41.6 Å². The molecule has 1 aliphatic heterocycles. The maximum atomic E-state index is 12.2. The molecule has 1 aromatic rings. The zero-order chi connectivity index (χ0) is 17.4. The first-order chi connectivity index (χ1) is 12.2. The number of benzene rings is 1. The van der Waals surface area contributed by atoms with Crippen LogP contribution in [0.25, 0.3) is 0 Å². The van der Waals surface area contributed by atoms with E-state index in [4.69, 9.17) is 4.74 Å². The SMILES string of the molecule is CCN(CC)C(=O)Cc1ccc(N[C@@H]2[C@H]3CCO[C@H]3C23CCC3)cc1. The first-order valence-corrected chi connectivity index (χ1v) is 9.93. The predicted octanol–water partition coefficient (Wildman–Crippen LogP) is 3.47. The Hall–Kier alpha value is -1.55. The molecule has 1 aromatic carbocycles. The fourth-order valence-corrected chi connectivity index (χ4v) is 5.22. The van der Waals surface area contributed by atoms with Crippen molar-refractivity contribution in [3.05, 3.63) is 29.8 Å². The van der Waals surface area contributed by atoms with Gasteiger partial charge in [0.05, 0.1) is 12.5 Å². The van der Waals surface area contributed by atoms with Crippen molar-refractivity contribution >= 4 is 11.6 Å². The van der Waals surface area contributed by atoms with E-state index in [0.717, 1.165) is 25.3 Å². The van der Waals surface area contributed by atoms with Gasteiger partial charge in [-0.1, -0.05) is 18.6 Å². The molecule has 3 aliphatic rings. The highest BCUT2D eigenvalue weighted by Crippen LogP contribution is 2.63. The fourth-order valence-electron chi connectivity index (χ4n) is 5.22. The first kappa shape index (κ1) is 16.9. The molecule has 0 aromatic heterocycles. The van der Waals surface area contributed by atoms with Crippen molar-refractivity contribution in [3.8, 4) is 0 Å². The molecular weight excluding hydrogens is 312 g/mol.